The summed E-state index contributed by atoms with van der Waals surface area (Å²) in [5.74, 6) is 0.476. The van der Waals surface area contributed by atoms with E-state index in [1.165, 1.54) is 0 Å². The van der Waals surface area contributed by atoms with E-state index in [1.54, 1.807) is 0 Å². The minimum Gasteiger partial charge on any atom is -0.379 e. The average Bonchev–Trinajstić information content (AvgIpc) is 2.44. The molecule has 1 N–H and O–H groups in total. The van der Waals surface area contributed by atoms with Crippen LogP contribution in [-0.4, -0.2) is 50.2 Å². The topological polar surface area (TPSA) is 41.6 Å². The van der Waals surface area contributed by atoms with Crippen LogP contribution in [0.25, 0.3) is 0 Å². The third-order valence-electron chi connectivity index (χ3n) is 3.70. The molecule has 1 aliphatic heterocycles. The van der Waals surface area contributed by atoms with Crippen LogP contribution in [0.4, 0.5) is 0 Å². The molecular weight excluding hydrogens is 240 g/mol. The van der Waals surface area contributed by atoms with Crippen molar-refractivity contribution < 1.29 is 9.53 Å². The van der Waals surface area contributed by atoms with Gasteiger partial charge in [0.1, 0.15) is 0 Å². The van der Waals surface area contributed by atoms with Crippen LogP contribution in [0.3, 0.4) is 0 Å². The highest BCUT2D eigenvalue weighted by atomic mass is 16.5. The van der Waals surface area contributed by atoms with Crippen molar-refractivity contribution in [1.82, 2.24) is 10.2 Å². The van der Waals surface area contributed by atoms with E-state index in [2.05, 4.69) is 24.1 Å². The van der Waals surface area contributed by atoms with Gasteiger partial charge in [0.25, 0.3) is 0 Å². The van der Waals surface area contributed by atoms with Gasteiger partial charge in [-0.2, -0.15) is 0 Å². The predicted molar refractivity (Wildman–Crippen MR) is 78.2 cm³/mol. The van der Waals surface area contributed by atoms with E-state index in [9.17, 15) is 4.79 Å². The van der Waals surface area contributed by atoms with Crippen molar-refractivity contribution in [2.24, 2.45) is 5.92 Å². The molecule has 1 aliphatic rings. The van der Waals surface area contributed by atoms with E-state index in [1.807, 2.05) is 0 Å². The molecular formula is C15H30N2O2. The normalized spacial score (nSPS) is 16.8. The lowest BCUT2D eigenvalue weighted by Gasteiger charge is -2.26. The Labute approximate surface area is 117 Å². The molecule has 0 aromatic rings. The number of hydrogen-bond donors (Lipinski definition) is 1. The fraction of sp³-hybridized carbons (Fsp3) is 0.933. The van der Waals surface area contributed by atoms with E-state index in [4.69, 9.17) is 4.74 Å². The van der Waals surface area contributed by atoms with Crippen LogP contribution in [0.15, 0.2) is 0 Å². The Morgan fingerprint density at radius 1 is 1.21 bits per heavy atom. The van der Waals surface area contributed by atoms with Crippen LogP contribution in [0.5, 0.6) is 0 Å². The SMILES string of the molecule is CCCC(CCC)C(=O)NCCCN1CCOCC1. The fourth-order valence-corrected chi connectivity index (χ4v) is 2.59. The summed E-state index contributed by atoms with van der Waals surface area (Å²) >= 11 is 0. The minimum atomic E-state index is 0.221. The predicted octanol–water partition coefficient (Wildman–Crippen LogP) is 2.04. The monoisotopic (exact) mass is 270 g/mol. The van der Waals surface area contributed by atoms with Crippen molar-refractivity contribution in [3.63, 3.8) is 0 Å². The van der Waals surface area contributed by atoms with Gasteiger partial charge in [0, 0.05) is 25.6 Å². The molecule has 0 saturated carbocycles. The highest BCUT2D eigenvalue weighted by Crippen LogP contribution is 2.13. The third-order valence-corrected chi connectivity index (χ3v) is 3.70. The lowest BCUT2D eigenvalue weighted by molar-refractivity contribution is -0.125. The molecule has 1 saturated heterocycles. The second-order valence-corrected chi connectivity index (χ2v) is 5.37. The van der Waals surface area contributed by atoms with Crippen LogP contribution in [0.1, 0.15) is 46.0 Å². The zero-order valence-electron chi connectivity index (χ0n) is 12.6. The molecule has 1 heterocycles. The van der Waals surface area contributed by atoms with Crippen molar-refractivity contribution in [1.29, 1.82) is 0 Å². The van der Waals surface area contributed by atoms with Crippen LogP contribution >= 0.6 is 0 Å². The first-order chi connectivity index (χ1) is 9.27. The van der Waals surface area contributed by atoms with Crippen LogP contribution in [0, 0.1) is 5.92 Å². The Morgan fingerprint density at radius 3 is 2.42 bits per heavy atom. The first-order valence-electron chi connectivity index (χ1n) is 7.85. The van der Waals surface area contributed by atoms with Crippen molar-refractivity contribution >= 4 is 5.91 Å². The number of amides is 1. The Bertz CT molecular complexity index is 234. The molecule has 19 heavy (non-hydrogen) atoms. The average molecular weight is 270 g/mol. The van der Waals surface area contributed by atoms with E-state index in [0.29, 0.717) is 0 Å². The second kappa shape index (κ2) is 10.2. The molecule has 112 valence electrons. The molecule has 0 radical (unpaired) electrons. The highest BCUT2D eigenvalue weighted by Gasteiger charge is 2.16. The molecule has 1 fully saturated rings. The van der Waals surface area contributed by atoms with Crippen molar-refractivity contribution in [2.75, 3.05) is 39.4 Å². The van der Waals surface area contributed by atoms with Gasteiger partial charge < -0.3 is 10.1 Å². The highest BCUT2D eigenvalue weighted by molar-refractivity contribution is 5.78. The van der Waals surface area contributed by atoms with Crippen molar-refractivity contribution in [2.45, 2.75) is 46.0 Å². The van der Waals surface area contributed by atoms with E-state index >= 15 is 0 Å². The van der Waals surface area contributed by atoms with Gasteiger partial charge in [-0.05, 0) is 25.8 Å². The standard InChI is InChI=1S/C15H30N2O2/c1-3-6-14(7-4-2)15(18)16-8-5-9-17-10-12-19-13-11-17/h14H,3-13H2,1-2H3,(H,16,18). The number of nitrogens with one attached hydrogen (secondary N) is 1. The Hall–Kier alpha value is -0.610. The maximum Gasteiger partial charge on any atom is 0.223 e. The van der Waals surface area contributed by atoms with E-state index in [0.717, 1.165) is 71.5 Å². The van der Waals surface area contributed by atoms with Gasteiger partial charge in [0.05, 0.1) is 13.2 Å². The summed E-state index contributed by atoms with van der Waals surface area (Å²) in [4.78, 5) is 14.4. The molecule has 4 nitrogen and oxygen atoms in total. The molecule has 0 aromatic carbocycles. The third kappa shape index (κ3) is 6.92. The molecule has 0 unspecified atom stereocenters. The van der Waals surface area contributed by atoms with Crippen LogP contribution < -0.4 is 5.32 Å². The number of hydrogen-bond acceptors (Lipinski definition) is 3. The summed E-state index contributed by atoms with van der Waals surface area (Å²) in [5.41, 5.74) is 0. The van der Waals surface area contributed by atoms with Gasteiger partial charge in [0.15, 0.2) is 0 Å². The summed E-state index contributed by atoms with van der Waals surface area (Å²) in [6.45, 7) is 9.92. The maximum atomic E-state index is 12.0. The molecule has 0 aromatic heterocycles. The quantitative estimate of drug-likeness (QED) is 0.652. The molecule has 0 spiro atoms. The van der Waals surface area contributed by atoms with Crippen molar-refractivity contribution in [3.8, 4) is 0 Å². The number of morpholine rings is 1. The zero-order valence-corrected chi connectivity index (χ0v) is 12.6. The maximum absolute atomic E-state index is 12.0. The summed E-state index contributed by atoms with van der Waals surface area (Å²) in [5, 5.41) is 3.10. The van der Waals surface area contributed by atoms with Gasteiger partial charge in [-0.25, -0.2) is 0 Å². The second-order valence-electron chi connectivity index (χ2n) is 5.37. The Balaban J connectivity index is 2.10. The molecule has 4 heteroatoms. The largest absolute Gasteiger partial charge is 0.379 e. The Kier molecular flexibility index (Phi) is 8.84. The van der Waals surface area contributed by atoms with E-state index in [-0.39, 0.29) is 11.8 Å². The van der Waals surface area contributed by atoms with Gasteiger partial charge in [-0.1, -0.05) is 26.7 Å². The summed E-state index contributed by atoms with van der Waals surface area (Å²) in [7, 11) is 0. The first kappa shape index (κ1) is 16.4. The van der Waals surface area contributed by atoms with Gasteiger partial charge in [0.2, 0.25) is 5.91 Å². The lowest BCUT2D eigenvalue weighted by atomic mass is 9.97. The molecule has 1 amide bonds. The molecule has 0 atom stereocenters. The fourth-order valence-electron chi connectivity index (χ4n) is 2.59. The van der Waals surface area contributed by atoms with Crippen LogP contribution in [-0.2, 0) is 9.53 Å². The molecule has 1 rings (SSSR count). The zero-order chi connectivity index (χ0) is 13.9. The number of carbonyl (C=O) groups excluding carboxylic acids is 1. The van der Waals surface area contributed by atoms with Gasteiger partial charge in [-0.3, -0.25) is 9.69 Å². The summed E-state index contributed by atoms with van der Waals surface area (Å²) in [6, 6.07) is 0. The van der Waals surface area contributed by atoms with E-state index < -0.39 is 0 Å². The summed E-state index contributed by atoms with van der Waals surface area (Å²) < 4.78 is 5.32. The lowest BCUT2D eigenvalue weighted by Crippen LogP contribution is -2.38. The van der Waals surface area contributed by atoms with Gasteiger partial charge in [-0.15, -0.1) is 0 Å². The number of nitrogens with zero attached hydrogens (tertiary/aromatic N) is 1. The first-order valence-corrected chi connectivity index (χ1v) is 7.85. The number of ether oxygens (including phenoxy) is 1. The number of carbonyl (C=O) groups is 1. The number of rotatable bonds is 9. The molecule has 0 aliphatic carbocycles. The smallest absolute Gasteiger partial charge is 0.223 e. The minimum absolute atomic E-state index is 0.221. The van der Waals surface area contributed by atoms with Gasteiger partial charge >= 0.3 is 0 Å². The Morgan fingerprint density at radius 2 is 1.84 bits per heavy atom. The van der Waals surface area contributed by atoms with Crippen LogP contribution in [0.2, 0.25) is 0 Å². The molecule has 0 bridgehead atoms. The summed E-state index contributed by atoms with van der Waals surface area (Å²) in [6.07, 6.45) is 5.25. The van der Waals surface area contributed by atoms with Crippen molar-refractivity contribution in [3.05, 3.63) is 0 Å².